The summed E-state index contributed by atoms with van der Waals surface area (Å²) in [5.74, 6) is 0.677. The first-order valence-corrected chi connectivity index (χ1v) is 6.75. The smallest absolute Gasteiger partial charge is 0.0488 e. The average Bonchev–Trinajstić information content (AvgIpc) is 2.76. The Balaban J connectivity index is 1.80. The van der Waals surface area contributed by atoms with E-state index in [1.165, 1.54) is 45.3 Å². The molecule has 1 fully saturated rings. The Morgan fingerprint density at radius 3 is 2.69 bits per heavy atom. The lowest BCUT2D eigenvalue weighted by atomic mass is 10.1. The second kappa shape index (κ2) is 8.97. The van der Waals surface area contributed by atoms with Crippen molar-refractivity contribution in [1.29, 1.82) is 0 Å². The third kappa shape index (κ3) is 6.46. The number of nitrogens with zero attached hydrogens (tertiary/aromatic N) is 1. The van der Waals surface area contributed by atoms with Crippen molar-refractivity contribution in [2.75, 3.05) is 46.4 Å². The molecule has 1 rings (SSSR count). The van der Waals surface area contributed by atoms with E-state index in [9.17, 15) is 0 Å². The highest BCUT2D eigenvalue weighted by Crippen LogP contribution is 2.06. The summed E-state index contributed by atoms with van der Waals surface area (Å²) in [7, 11) is 1.78. The molecule has 1 atom stereocenters. The molecule has 0 aromatic heterocycles. The number of hydrogen-bond acceptors (Lipinski definition) is 3. The molecule has 0 saturated carbocycles. The standard InChI is InChI=1S/C13H28N2O/c1-13(12-16-2)6-8-14-7-5-11-15-9-3-4-10-15/h13-14H,3-12H2,1-2H3. The van der Waals surface area contributed by atoms with Crippen molar-refractivity contribution in [2.45, 2.75) is 32.6 Å². The van der Waals surface area contributed by atoms with Gasteiger partial charge in [-0.25, -0.2) is 0 Å². The summed E-state index contributed by atoms with van der Waals surface area (Å²) >= 11 is 0. The van der Waals surface area contributed by atoms with E-state index >= 15 is 0 Å². The van der Waals surface area contributed by atoms with Gasteiger partial charge in [0.1, 0.15) is 0 Å². The van der Waals surface area contributed by atoms with E-state index in [0.717, 1.165) is 19.7 Å². The second-order valence-corrected chi connectivity index (χ2v) is 5.00. The Morgan fingerprint density at radius 2 is 2.00 bits per heavy atom. The lowest BCUT2D eigenvalue weighted by Gasteiger charge is -2.15. The van der Waals surface area contributed by atoms with Gasteiger partial charge in [-0.3, -0.25) is 0 Å². The van der Waals surface area contributed by atoms with E-state index in [1.54, 1.807) is 7.11 Å². The van der Waals surface area contributed by atoms with E-state index in [1.807, 2.05) is 0 Å². The van der Waals surface area contributed by atoms with E-state index < -0.39 is 0 Å². The third-order valence-corrected chi connectivity index (χ3v) is 3.29. The molecule has 0 spiro atoms. The van der Waals surface area contributed by atoms with Gasteiger partial charge in [0, 0.05) is 13.7 Å². The van der Waals surface area contributed by atoms with Gasteiger partial charge in [-0.15, -0.1) is 0 Å². The minimum absolute atomic E-state index is 0.677. The summed E-state index contributed by atoms with van der Waals surface area (Å²) in [6.45, 7) is 9.35. The molecule has 1 unspecified atom stereocenters. The van der Waals surface area contributed by atoms with Crippen LogP contribution in [0.3, 0.4) is 0 Å². The Labute approximate surface area is 101 Å². The molecule has 1 N–H and O–H groups in total. The van der Waals surface area contributed by atoms with Crippen molar-refractivity contribution in [3.63, 3.8) is 0 Å². The summed E-state index contributed by atoms with van der Waals surface area (Å²) in [6.07, 6.45) is 5.32. The molecule has 0 aromatic carbocycles. The summed E-state index contributed by atoms with van der Waals surface area (Å²) in [5.41, 5.74) is 0. The van der Waals surface area contributed by atoms with Gasteiger partial charge in [0.2, 0.25) is 0 Å². The number of rotatable bonds is 9. The third-order valence-electron chi connectivity index (χ3n) is 3.29. The van der Waals surface area contributed by atoms with Crippen molar-refractivity contribution >= 4 is 0 Å². The topological polar surface area (TPSA) is 24.5 Å². The van der Waals surface area contributed by atoms with Crippen LogP contribution < -0.4 is 5.32 Å². The normalized spacial score (nSPS) is 19.1. The summed E-state index contributed by atoms with van der Waals surface area (Å²) in [4.78, 5) is 2.58. The first kappa shape index (κ1) is 13.9. The maximum absolute atomic E-state index is 5.11. The number of methoxy groups -OCH3 is 1. The lowest BCUT2D eigenvalue weighted by Crippen LogP contribution is -2.26. The van der Waals surface area contributed by atoms with E-state index in [4.69, 9.17) is 4.74 Å². The lowest BCUT2D eigenvalue weighted by molar-refractivity contribution is 0.155. The van der Waals surface area contributed by atoms with Crippen LogP contribution in [0, 0.1) is 5.92 Å². The second-order valence-electron chi connectivity index (χ2n) is 5.00. The van der Waals surface area contributed by atoms with Crippen LogP contribution >= 0.6 is 0 Å². The molecule has 1 aliphatic rings. The maximum Gasteiger partial charge on any atom is 0.0488 e. The van der Waals surface area contributed by atoms with Crippen molar-refractivity contribution < 1.29 is 4.74 Å². The minimum Gasteiger partial charge on any atom is -0.384 e. The summed E-state index contributed by atoms with van der Waals surface area (Å²) < 4.78 is 5.11. The molecule has 0 aromatic rings. The Kier molecular flexibility index (Phi) is 7.81. The number of ether oxygens (including phenoxy) is 1. The van der Waals surface area contributed by atoms with Crippen LogP contribution in [0.25, 0.3) is 0 Å². The maximum atomic E-state index is 5.11. The van der Waals surface area contributed by atoms with Crippen molar-refractivity contribution in [3.05, 3.63) is 0 Å². The summed E-state index contributed by atoms with van der Waals surface area (Å²) in [5, 5.41) is 3.52. The van der Waals surface area contributed by atoms with E-state index in [-0.39, 0.29) is 0 Å². The fraction of sp³-hybridized carbons (Fsp3) is 1.00. The SMILES string of the molecule is COCC(C)CCNCCCN1CCCC1. The van der Waals surface area contributed by atoms with Crippen LogP contribution in [0.5, 0.6) is 0 Å². The van der Waals surface area contributed by atoms with Gasteiger partial charge < -0.3 is 15.0 Å². The van der Waals surface area contributed by atoms with Crippen molar-refractivity contribution in [1.82, 2.24) is 10.2 Å². The van der Waals surface area contributed by atoms with Gasteiger partial charge in [0.15, 0.2) is 0 Å². The van der Waals surface area contributed by atoms with Gasteiger partial charge in [0.25, 0.3) is 0 Å². The highest BCUT2D eigenvalue weighted by molar-refractivity contribution is 4.66. The van der Waals surface area contributed by atoms with Gasteiger partial charge >= 0.3 is 0 Å². The quantitative estimate of drug-likeness (QED) is 0.608. The summed E-state index contributed by atoms with van der Waals surface area (Å²) in [6, 6.07) is 0. The molecule has 0 amide bonds. The van der Waals surface area contributed by atoms with Crippen molar-refractivity contribution in [3.8, 4) is 0 Å². The molecule has 0 radical (unpaired) electrons. The van der Waals surface area contributed by atoms with Gasteiger partial charge in [-0.2, -0.15) is 0 Å². The predicted octanol–water partition coefficient (Wildman–Crippen LogP) is 1.73. The fourth-order valence-electron chi connectivity index (χ4n) is 2.28. The Bertz CT molecular complexity index is 158. The van der Waals surface area contributed by atoms with Crippen molar-refractivity contribution in [2.24, 2.45) is 5.92 Å². The number of hydrogen-bond donors (Lipinski definition) is 1. The molecule has 1 saturated heterocycles. The molecule has 3 nitrogen and oxygen atoms in total. The molecule has 0 bridgehead atoms. The highest BCUT2D eigenvalue weighted by atomic mass is 16.5. The number of likely N-dealkylation sites (tertiary alicyclic amines) is 1. The molecular formula is C13H28N2O. The highest BCUT2D eigenvalue weighted by Gasteiger charge is 2.09. The molecule has 1 aliphatic heterocycles. The van der Waals surface area contributed by atoms with Crippen LogP contribution in [0.1, 0.15) is 32.6 Å². The largest absolute Gasteiger partial charge is 0.384 e. The molecule has 3 heteroatoms. The van der Waals surface area contributed by atoms with Crippen LogP contribution in [0.15, 0.2) is 0 Å². The Morgan fingerprint density at radius 1 is 1.25 bits per heavy atom. The zero-order valence-electron chi connectivity index (χ0n) is 11.0. The molecule has 0 aliphatic carbocycles. The van der Waals surface area contributed by atoms with E-state index in [0.29, 0.717) is 5.92 Å². The fourth-order valence-corrected chi connectivity index (χ4v) is 2.28. The van der Waals surface area contributed by atoms with Crippen LogP contribution in [0.2, 0.25) is 0 Å². The van der Waals surface area contributed by atoms with Crippen LogP contribution in [-0.4, -0.2) is 51.3 Å². The monoisotopic (exact) mass is 228 g/mol. The minimum atomic E-state index is 0.677. The molecular weight excluding hydrogens is 200 g/mol. The zero-order valence-corrected chi connectivity index (χ0v) is 11.0. The van der Waals surface area contributed by atoms with E-state index in [2.05, 4.69) is 17.1 Å². The predicted molar refractivity (Wildman–Crippen MR) is 68.8 cm³/mol. The van der Waals surface area contributed by atoms with Crippen LogP contribution in [-0.2, 0) is 4.74 Å². The van der Waals surface area contributed by atoms with Gasteiger partial charge in [-0.05, 0) is 64.3 Å². The van der Waals surface area contributed by atoms with Crippen LogP contribution in [0.4, 0.5) is 0 Å². The first-order valence-electron chi connectivity index (χ1n) is 6.75. The number of nitrogens with one attached hydrogen (secondary N) is 1. The first-order chi connectivity index (χ1) is 7.83. The molecule has 96 valence electrons. The van der Waals surface area contributed by atoms with Gasteiger partial charge in [0.05, 0.1) is 0 Å². The van der Waals surface area contributed by atoms with Gasteiger partial charge in [-0.1, -0.05) is 6.92 Å². The Hall–Kier alpha value is -0.120. The molecule has 16 heavy (non-hydrogen) atoms. The zero-order chi connectivity index (χ0) is 11.6. The molecule has 1 heterocycles. The average molecular weight is 228 g/mol.